The quantitative estimate of drug-likeness (QED) is 0.757. The van der Waals surface area contributed by atoms with Crippen molar-refractivity contribution in [2.24, 2.45) is 0 Å². The Kier molecular flexibility index (Phi) is 3.85. The van der Waals surface area contributed by atoms with Gasteiger partial charge in [-0.3, -0.25) is 9.89 Å². The molecule has 0 aliphatic heterocycles. The fraction of sp³-hybridized carbons (Fsp3) is 0.667. The molecule has 1 saturated carbocycles. The van der Waals surface area contributed by atoms with E-state index in [1.165, 1.54) is 19.3 Å². The molecule has 18 heavy (non-hydrogen) atoms. The standard InChI is InChI=1S/C12H20N4OS/c1-3-8-9(13)10(16-15-8)11(17)14-7-12(18-2)5-4-6-12/h3-7,13H2,1-2H3,(H,14,17)(H,15,16). The zero-order valence-electron chi connectivity index (χ0n) is 10.9. The third kappa shape index (κ3) is 2.34. The van der Waals surface area contributed by atoms with Crippen molar-refractivity contribution in [3.8, 4) is 0 Å². The number of H-pyrrole nitrogens is 1. The average Bonchev–Trinajstić information content (AvgIpc) is 2.69. The van der Waals surface area contributed by atoms with E-state index in [4.69, 9.17) is 5.73 Å². The first-order valence-electron chi connectivity index (χ1n) is 6.28. The van der Waals surface area contributed by atoms with Crippen molar-refractivity contribution >= 4 is 23.4 Å². The molecule has 6 heteroatoms. The highest BCUT2D eigenvalue weighted by Crippen LogP contribution is 2.42. The molecule has 1 aromatic heterocycles. The third-order valence-electron chi connectivity index (χ3n) is 3.72. The summed E-state index contributed by atoms with van der Waals surface area (Å²) in [4.78, 5) is 12.0. The van der Waals surface area contributed by atoms with Crippen molar-refractivity contribution < 1.29 is 4.79 Å². The van der Waals surface area contributed by atoms with Crippen LogP contribution in [0.15, 0.2) is 0 Å². The Morgan fingerprint density at radius 1 is 1.61 bits per heavy atom. The summed E-state index contributed by atoms with van der Waals surface area (Å²) in [6, 6.07) is 0. The predicted molar refractivity (Wildman–Crippen MR) is 74.8 cm³/mol. The van der Waals surface area contributed by atoms with Gasteiger partial charge in [-0.05, 0) is 25.5 Å². The van der Waals surface area contributed by atoms with E-state index in [0.29, 0.717) is 17.9 Å². The fourth-order valence-corrected chi connectivity index (χ4v) is 3.09. The van der Waals surface area contributed by atoms with E-state index in [0.717, 1.165) is 12.1 Å². The Morgan fingerprint density at radius 2 is 2.33 bits per heavy atom. The number of amides is 1. The van der Waals surface area contributed by atoms with Crippen LogP contribution in [-0.4, -0.2) is 33.7 Å². The molecule has 1 aliphatic rings. The number of carbonyl (C=O) groups excluding carboxylic acids is 1. The van der Waals surface area contributed by atoms with Crippen molar-refractivity contribution in [1.82, 2.24) is 15.5 Å². The number of aryl methyl sites for hydroxylation is 1. The predicted octanol–water partition coefficient (Wildman–Crippen LogP) is 1.57. The summed E-state index contributed by atoms with van der Waals surface area (Å²) in [7, 11) is 0. The van der Waals surface area contributed by atoms with Gasteiger partial charge in [0, 0.05) is 11.3 Å². The van der Waals surface area contributed by atoms with E-state index < -0.39 is 0 Å². The molecule has 1 heterocycles. The molecule has 1 fully saturated rings. The summed E-state index contributed by atoms with van der Waals surface area (Å²) in [6.45, 7) is 2.67. The summed E-state index contributed by atoms with van der Waals surface area (Å²) in [5.74, 6) is -0.177. The highest BCUT2D eigenvalue weighted by Gasteiger charge is 2.36. The molecule has 1 aromatic rings. The number of hydrogen-bond acceptors (Lipinski definition) is 4. The highest BCUT2D eigenvalue weighted by atomic mass is 32.2. The zero-order valence-corrected chi connectivity index (χ0v) is 11.7. The van der Waals surface area contributed by atoms with E-state index >= 15 is 0 Å². The number of anilines is 1. The lowest BCUT2D eigenvalue weighted by Crippen LogP contribution is -2.45. The summed E-state index contributed by atoms with van der Waals surface area (Å²) in [5.41, 5.74) is 7.49. The minimum absolute atomic E-state index is 0.177. The average molecular weight is 268 g/mol. The minimum atomic E-state index is -0.177. The number of nitrogens with two attached hydrogens (primary N) is 1. The van der Waals surface area contributed by atoms with Gasteiger partial charge in [0.1, 0.15) is 0 Å². The number of aromatic amines is 1. The number of nitrogen functional groups attached to an aromatic ring is 1. The van der Waals surface area contributed by atoms with Crippen molar-refractivity contribution in [2.45, 2.75) is 37.4 Å². The van der Waals surface area contributed by atoms with Gasteiger partial charge < -0.3 is 11.1 Å². The van der Waals surface area contributed by atoms with Gasteiger partial charge >= 0.3 is 0 Å². The maximum Gasteiger partial charge on any atom is 0.273 e. The van der Waals surface area contributed by atoms with Crippen molar-refractivity contribution in [1.29, 1.82) is 0 Å². The molecule has 100 valence electrons. The second kappa shape index (κ2) is 5.22. The van der Waals surface area contributed by atoms with Gasteiger partial charge in [0.05, 0.1) is 11.4 Å². The Morgan fingerprint density at radius 3 is 2.78 bits per heavy atom. The second-order valence-electron chi connectivity index (χ2n) is 4.74. The Bertz CT molecular complexity index is 434. The molecule has 0 aromatic carbocycles. The molecule has 0 saturated heterocycles. The smallest absolute Gasteiger partial charge is 0.273 e. The first kappa shape index (κ1) is 13.3. The molecule has 1 amide bonds. The summed E-state index contributed by atoms with van der Waals surface area (Å²) in [5, 5.41) is 9.74. The van der Waals surface area contributed by atoms with Gasteiger partial charge in [0.15, 0.2) is 5.69 Å². The molecule has 0 bridgehead atoms. The first-order chi connectivity index (χ1) is 8.62. The highest BCUT2D eigenvalue weighted by molar-refractivity contribution is 8.00. The zero-order chi connectivity index (χ0) is 13.2. The Hall–Kier alpha value is -1.17. The van der Waals surface area contributed by atoms with Gasteiger partial charge in [0.2, 0.25) is 0 Å². The Balaban J connectivity index is 1.97. The van der Waals surface area contributed by atoms with Gasteiger partial charge in [-0.1, -0.05) is 13.3 Å². The lowest BCUT2D eigenvalue weighted by atomic mass is 9.84. The van der Waals surface area contributed by atoms with Crippen LogP contribution in [0.5, 0.6) is 0 Å². The number of carbonyl (C=O) groups is 1. The fourth-order valence-electron chi connectivity index (χ4n) is 2.18. The van der Waals surface area contributed by atoms with Crippen LogP contribution in [0.4, 0.5) is 5.69 Å². The number of hydrogen-bond donors (Lipinski definition) is 3. The SMILES string of the molecule is CCc1[nH]nc(C(=O)NCC2(SC)CCC2)c1N. The lowest BCUT2D eigenvalue weighted by Gasteiger charge is -2.40. The number of thioether (sulfide) groups is 1. The first-order valence-corrected chi connectivity index (χ1v) is 7.50. The number of nitrogens with zero attached hydrogens (tertiary/aromatic N) is 1. The van der Waals surface area contributed by atoms with Gasteiger partial charge in [-0.2, -0.15) is 16.9 Å². The maximum absolute atomic E-state index is 12.0. The monoisotopic (exact) mass is 268 g/mol. The molecule has 4 N–H and O–H groups in total. The number of nitrogens with one attached hydrogen (secondary N) is 2. The third-order valence-corrected chi connectivity index (χ3v) is 5.14. The molecule has 0 spiro atoms. The van der Waals surface area contributed by atoms with Crippen LogP contribution in [0.1, 0.15) is 42.4 Å². The van der Waals surface area contributed by atoms with Crippen molar-refractivity contribution in [3.05, 3.63) is 11.4 Å². The van der Waals surface area contributed by atoms with Gasteiger partial charge in [-0.25, -0.2) is 0 Å². The molecule has 0 radical (unpaired) electrons. The van der Waals surface area contributed by atoms with Gasteiger partial charge in [-0.15, -0.1) is 0 Å². The molecular weight excluding hydrogens is 248 g/mol. The van der Waals surface area contributed by atoms with E-state index in [1.54, 1.807) is 0 Å². The lowest BCUT2D eigenvalue weighted by molar-refractivity contribution is 0.0940. The topological polar surface area (TPSA) is 83.8 Å². The van der Waals surface area contributed by atoms with Crippen LogP contribution in [0.3, 0.4) is 0 Å². The van der Waals surface area contributed by atoms with Crippen LogP contribution in [0, 0.1) is 0 Å². The van der Waals surface area contributed by atoms with Crippen LogP contribution in [-0.2, 0) is 6.42 Å². The van der Waals surface area contributed by atoms with E-state index in [1.807, 2.05) is 18.7 Å². The molecule has 2 rings (SSSR count). The maximum atomic E-state index is 12.0. The van der Waals surface area contributed by atoms with Gasteiger partial charge in [0.25, 0.3) is 5.91 Å². The Labute approximate surface area is 111 Å². The molecule has 5 nitrogen and oxygen atoms in total. The van der Waals surface area contributed by atoms with Crippen LogP contribution >= 0.6 is 11.8 Å². The van der Waals surface area contributed by atoms with Crippen LogP contribution in [0.2, 0.25) is 0 Å². The van der Waals surface area contributed by atoms with E-state index in [-0.39, 0.29) is 10.7 Å². The molecule has 1 aliphatic carbocycles. The van der Waals surface area contributed by atoms with Crippen LogP contribution < -0.4 is 11.1 Å². The van der Waals surface area contributed by atoms with Crippen molar-refractivity contribution in [3.63, 3.8) is 0 Å². The molecular formula is C12H20N4OS. The normalized spacial score (nSPS) is 17.2. The molecule has 0 atom stereocenters. The number of aromatic nitrogens is 2. The van der Waals surface area contributed by atoms with E-state index in [9.17, 15) is 4.79 Å². The van der Waals surface area contributed by atoms with Crippen molar-refractivity contribution in [2.75, 3.05) is 18.5 Å². The summed E-state index contributed by atoms with van der Waals surface area (Å²) >= 11 is 1.84. The summed E-state index contributed by atoms with van der Waals surface area (Å²) < 4.78 is 0.230. The molecule has 0 unspecified atom stereocenters. The summed E-state index contributed by atoms with van der Waals surface area (Å²) in [6.07, 6.45) is 6.45. The largest absolute Gasteiger partial charge is 0.395 e. The van der Waals surface area contributed by atoms with Crippen LogP contribution in [0.25, 0.3) is 0 Å². The van der Waals surface area contributed by atoms with E-state index in [2.05, 4.69) is 21.8 Å². The minimum Gasteiger partial charge on any atom is -0.395 e. The second-order valence-corrected chi connectivity index (χ2v) is 6.02. The number of rotatable bonds is 5.